The second-order valence-corrected chi connectivity index (χ2v) is 18.6. The van der Waals surface area contributed by atoms with Gasteiger partial charge in [0.2, 0.25) is 0 Å². The van der Waals surface area contributed by atoms with E-state index in [4.69, 9.17) is 14.2 Å². The molecule has 0 heterocycles. The second-order valence-electron chi connectivity index (χ2n) is 18.6. The Hall–Kier alpha value is -1.59. The average molecular weight is 835 g/mol. The first-order chi connectivity index (χ1) is 28.9. The summed E-state index contributed by atoms with van der Waals surface area (Å²) in [5.74, 6) is 0.00347. The third-order valence-corrected chi connectivity index (χ3v) is 12.0. The highest BCUT2D eigenvalue weighted by Crippen LogP contribution is 2.17. The van der Waals surface area contributed by atoms with Crippen LogP contribution >= 0.6 is 0 Å². The Bertz CT molecular complexity index is 887. The third kappa shape index (κ3) is 47.3. The normalized spacial score (nSPS) is 11.9. The molecule has 0 aromatic carbocycles. The molecular weight excluding hydrogens is 733 g/mol. The summed E-state index contributed by atoms with van der Waals surface area (Å²) in [5, 5.41) is 0. The van der Waals surface area contributed by atoms with E-state index >= 15 is 0 Å². The molecule has 59 heavy (non-hydrogen) atoms. The van der Waals surface area contributed by atoms with E-state index in [9.17, 15) is 14.4 Å². The van der Waals surface area contributed by atoms with E-state index < -0.39 is 6.10 Å². The lowest BCUT2D eigenvalue weighted by molar-refractivity contribution is -0.167. The van der Waals surface area contributed by atoms with E-state index in [2.05, 4.69) is 27.7 Å². The minimum atomic E-state index is -0.759. The van der Waals surface area contributed by atoms with E-state index in [1.54, 1.807) is 0 Å². The van der Waals surface area contributed by atoms with Gasteiger partial charge in [-0.25, -0.2) is 0 Å². The first-order valence-corrected chi connectivity index (χ1v) is 26.4. The van der Waals surface area contributed by atoms with Gasteiger partial charge in [0, 0.05) is 19.3 Å². The number of esters is 3. The first-order valence-electron chi connectivity index (χ1n) is 26.4. The van der Waals surface area contributed by atoms with Crippen molar-refractivity contribution in [3.05, 3.63) is 0 Å². The van der Waals surface area contributed by atoms with Crippen molar-refractivity contribution in [2.75, 3.05) is 13.2 Å². The predicted molar refractivity (Wildman–Crippen MR) is 252 cm³/mol. The maximum absolute atomic E-state index is 12.8. The summed E-state index contributed by atoms with van der Waals surface area (Å²) >= 11 is 0. The zero-order chi connectivity index (χ0) is 43.1. The summed E-state index contributed by atoms with van der Waals surface area (Å²) in [6.07, 6.45) is 49.6. The molecule has 0 aliphatic carbocycles. The highest BCUT2D eigenvalue weighted by atomic mass is 16.6. The lowest BCUT2D eigenvalue weighted by Gasteiger charge is -2.18. The van der Waals surface area contributed by atoms with Gasteiger partial charge in [-0.1, -0.05) is 259 Å². The zero-order valence-electron chi connectivity index (χ0n) is 40.2. The van der Waals surface area contributed by atoms with Crippen molar-refractivity contribution in [3.8, 4) is 0 Å². The zero-order valence-corrected chi connectivity index (χ0v) is 40.2. The molecule has 0 fully saturated rings. The van der Waals surface area contributed by atoms with Crippen LogP contribution in [0.3, 0.4) is 0 Å². The second kappa shape index (κ2) is 47.5. The van der Waals surface area contributed by atoms with Gasteiger partial charge < -0.3 is 14.2 Å². The van der Waals surface area contributed by atoms with Crippen molar-refractivity contribution in [2.45, 2.75) is 303 Å². The predicted octanol–water partition coefficient (Wildman–Crippen LogP) is 17.1. The van der Waals surface area contributed by atoms with Crippen molar-refractivity contribution in [1.82, 2.24) is 0 Å². The molecule has 0 N–H and O–H groups in total. The van der Waals surface area contributed by atoms with Gasteiger partial charge in [0.25, 0.3) is 0 Å². The average Bonchev–Trinajstić information content (AvgIpc) is 3.22. The Morgan fingerprint density at radius 2 is 0.559 bits per heavy atom. The van der Waals surface area contributed by atoms with E-state index in [-0.39, 0.29) is 31.1 Å². The number of hydrogen-bond acceptors (Lipinski definition) is 6. The molecule has 0 amide bonds. The minimum absolute atomic E-state index is 0.0629. The number of carbonyl (C=O) groups is 3. The van der Waals surface area contributed by atoms with Gasteiger partial charge in [0.05, 0.1) is 0 Å². The van der Waals surface area contributed by atoms with Crippen molar-refractivity contribution in [3.63, 3.8) is 0 Å². The Morgan fingerprint density at radius 3 is 0.831 bits per heavy atom. The van der Waals surface area contributed by atoms with Crippen LogP contribution in [0.1, 0.15) is 297 Å². The maximum Gasteiger partial charge on any atom is 0.306 e. The molecule has 0 aromatic rings. The quantitative estimate of drug-likeness (QED) is 0.0345. The smallest absolute Gasteiger partial charge is 0.306 e. The monoisotopic (exact) mass is 835 g/mol. The van der Waals surface area contributed by atoms with Crippen LogP contribution in [0.4, 0.5) is 0 Å². The fraction of sp³-hybridized carbons (Fsp3) is 0.943. The lowest BCUT2D eigenvalue weighted by Crippen LogP contribution is -2.30. The fourth-order valence-corrected chi connectivity index (χ4v) is 8.04. The summed E-state index contributed by atoms with van der Waals surface area (Å²) in [5.41, 5.74) is 0. The Morgan fingerprint density at radius 1 is 0.322 bits per heavy atom. The van der Waals surface area contributed by atoms with Crippen molar-refractivity contribution < 1.29 is 28.6 Å². The van der Waals surface area contributed by atoms with Crippen molar-refractivity contribution in [1.29, 1.82) is 0 Å². The molecule has 0 aromatic heterocycles. The molecule has 0 unspecified atom stereocenters. The maximum atomic E-state index is 12.8. The molecule has 0 spiro atoms. The number of carbonyl (C=O) groups excluding carboxylic acids is 3. The number of unbranched alkanes of at least 4 members (excludes halogenated alkanes) is 35. The van der Waals surface area contributed by atoms with Gasteiger partial charge in [-0.2, -0.15) is 0 Å². The molecule has 6 heteroatoms. The minimum Gasteiger partial charge on any atom is -0.462 e. The van der Waals surface area contributed by atoms with Gasteiger partial charge >= 0.3 is 17.9 Å². The molecular formula is C53H102O6. The van der Waals surface area contributed by atoms with Crippen LogP contribution in [0.25, 0.3) is 0 Å². The fourth-order valence-electron chi connectivity index (χ4n) is 8.04. The molecule has 0 rings (SSSR count). The van der Waals surface area contributed by atoms with Crippen LogP contribution < -0.4 is 0 Å². The van der Waals surface area contributed by atoms with E-state index in [0.29, 0.717) is 19.3 Å². The SMILES string of the molecule is CCCCCCCCCCCCCCCCCC(=O)O[C@H](COC(=O)CCCCCCCCC)COC(=O)CCCCCCCCCCCCCCCCCCC(C)C. The topological polar surface area (TPSA) is 78.9 Å². The Labute approximate surface area is 368 Å². The molecule has 6 nitrogen and oxygen atoms in total. The van der Waals surface area contributed by atoms with Crippen LogP contribution in [0, 0.1) is 5.92 Å². The molecule has 0 radical (unpaired) electrons. The molecule has 0 saturated carbocycles. The summed E-state index contributed by atoms with van der Waals surface area (Å²) < 4.78 is 16.8. The number of hydrogen-bond donors (Lipinski definition) is 0. The van der Waals surface area contributed by atoms with Gasteiger partial charge in [0.1, 0.15) is 13.2 Å². The van der Waals surface area contributed by atoms with Crippen molar-refractivity contribution >= 4 is 17.9 Å². The summed E-state index contributed by atoms with van der Waals surface area (Å²) in [6, 6.07) is 0. The van der Waals surface area contributed by atoms with Crippen LogP contribution in [0.15, 0.2) is 0 Å². The van der Waals surface area contributed by atoms with Gasteiger partial charge in [0.15, 0.2) is 6.10 Å². The van der Waals surface area contributed by atoms with Crippen LogP contribution in [0.5, 0.6) is 0 Å². The van der Waals surface area contributed by atoms with Crippen LogP contribution in [-0.4, -0.2) is 37.2 Å². The highest BCUT2D eigenvalue weighted by molar-refractivity contribution is 5.71. The molecule has 0 bridgehead atoms. The Kier molecular flexibility index (Phi) is 46.2. The lowest BCUT2D eigenvalue weighted by atomic mass is 10.0. The van der Waals surface area contributed by atoms with Gasteiger partial charge in [-0.3, -0.25) is 14.4 Å². The van der Waals surface area contributed by atoms with Crippen molar-refractivity contribution in [2.24, 2.45) is 5.92 Å². The molecule has 350 valence electrons. The van der Waals surface area contributed by atoms with E-state index in [1.165, 1.54) is 193 Å². The largest absolute Gasteiger partial charge is 0.462 e. The summed E-state index contributed by atoms with van der Waals surface area (Å²) in [7, 11) is 0. The van der Waals surface area contributed by atoms with Gasteiger partial charge in [-0.05, 0) is 25.2 Å². The molecule has 1 atom stereocenters. The van der Waals surface area contributed by atoms with E-state index in [1.807, 2.05) is 0 Å². The van der Waals surface area contributed by atoms with Crippen LogP contribution in [0.2, 0.25) is 0 Å². The summed E-state index contributed by atoms with van der Waals surface area (Å²) in [6.45, 7) is 9.01. The number of rotatable bonds is 48. The van der Waals surface area contributed by atoms with Crippen LogP contribution in [-0.2, 0) is 28.6 Å². The molecule has 0 aliphatic rings. The summed E-state index contributed by atoms with van der Waals surface area (Å²) in [4.78, 5) is 37.8. The third-order valence-electron chi connectivity index (χ3n) is 12.0. The van der Waals surface area contributed by atoms with E-state index in [0.717, 1.165) is 63.7 Å². The molecule has 0 aliphatic heterocycles. The Balaban J connectivity index is 4.16. The highest BCUT2D eigenvalue weighted by Gasteiger charge is 2.19. The standard InChI is InChI=1S/C53H102O6/c1-5-7-9-11-13-14-15-16-19-24-27-30-34-38-42-46-53(56)59-50(47-57-51(54)44-40-36-31-12-10-8-6-2)48-58-52(55)45-41-37-33-29-26-23-21-18-17-20-22-25-28-32-35-39-43-49(3)4/h49-50H,5-48H2,1-4H3/t50-/m1/s1. The molecule has 0 saturated heterocycles. The first kappa shape index (κ1) is 57.4. The number of ether oxygens (including phenoxy) is 3. The van der Waals surface area contributed by atoms with Gasteiger partial charge in [-0.15, -0.1) is 0 Å².